The monoisotopic (exact) mass is 518 g/mol. The molecule has 9 heteroatoms. The molecule has 2 amide bonds. The van der Waals surface area contributed by atoms with E-state index in [1.165, 1.54) is 0 Å². The number of carbonyl (C=O) groups is 2. The zero-order valence-electron chi connectivity index (χ0n) is 22.8. The van der Waals surface area contributed by atoms with Gasteiger partial charge in [-0.25, -0.2) is 4.68 Å². The standard InChI is InChI=1S/C29H38N6O3/c1-5-38-29(2,3)16-17-31-25(36)14-15-26(37)34-20-21-10-6-7-11-22(21)28-27(23-12-8-9-13-24(23)34)32-33-35(28)19-18-30-4/h6-13,30H,5,14-20H2,1-4H3,(H,31,36). The predicted molar refractivity (Wildman–Crippen MR) is 149 cm³/mol. The van der Waals surface area contributed by atoms with E-state index in [0.717, 1.165) is 40.3 Å². The fraction of sp³-hybridized carbons (Fsp3) is 0.448. The highest BCUT2D eigenvalue weighted by Crippen LogP contribution is 2.41. The fourth-order valence-electron chi connectivity index (χ4n) is 4.82. The smallest absolute Gasteiger partial charge is 0.227 e. The van der Waals surface area contributed by atoms with Crippen LogP contribution < -0.4 is 15.5 Å². The van der Waals surface area contributed by atoms with E-state index in [0.29, 0.717) is 32.7 Å². The molecule has 2 heterocycles. The van der Waals surface area contributed by atoms with Gasteiger partial charge >= 0.3 is 0 Å². The van der Waals surface area contributed by atoms with Crippen LogP contribution in [-0.2, 0) is 27.4 Å². The molecule has 0 saturated heterocycles. The Labute approximate surface area is 224 Å². The van der Waals surface area contributed by atoms with E-state index in [1.807, 2.05) is 75.0 Å². The van der Waals surface area contributed by atoms with Crippen LogP contribution >= 0.6 is 0 Å². The first-order chi connectivity index (χ1) is 18.3. The summed E-state index contributed by atoms with van der Waals surface area (Å²) in [5, 5.41) is 15.1. The van der Waals surface area contributed by atoms with Crippen LogP contribution in [0.25, 0.3) is 22.5 Å². The maximum absolute atomic E-state index is 13.6. The normalized spacial score (nSPS) is 12.7. The number of nitrogens with one attached hydrogen (secondary N) is 2. The largest absolute Gasteiger partial charge is 0.376 e. The summed E-state index contributed by atoms with van der Waals surface area (Å²) in [6.45, 7) is 8.94. The Morgan fingerprint density at radius 3 is 2.53 bits per heavy atom. The highest BCUT2D eigenvalue weighted by atomic mass is 16.5. The van der Waals surface area contributed by atoms with Crippen molar-refractivity contribution in [2.24, 2.45) is 0 Å². The average molecular weight is 519 g/mol. The minimum absolute atomic E-state index is 0.108. The molecular weight excluding hydrogens is 480 g/mol. The van der Waals surface area contributed by atoms with Gasteiger partial charge in [0.1, 0.15) is 5.69 Å². The van der Waals surface area contributed by atoms with E-state index in [2.05, 4.69) is 27.0 Å². The summed E-state index contributed by atoms with van der Waals surface area (Å²) in [6.07, 6.45) is 0.937. The molecule has 1 aliphatic rings. The molecule has 0 bridgehead atoms. The Bertz CT molecular complexity index is 1270. The van der Waals surface area contributed by atoms with E-state index in [9.17, 15) is 9.59 Å². The van der Waals surface area contributed by atoms with Crippen LogP contribution in [0.1, 0.15) is 45.6 Å². The average Bonchev–Trinajstić information content (AvgIpc) is 3.31. The van der Waals surface area contributed by atoms with Gasteiger partial charge in [0.05, 0.1) is 30.1 Å². The molecule has 2 N–H and O–H groups in total. The van der Waals surface area contributed by atoms with Crippen molar-refractivity contribution in [2.45, 2.75) is 58.7 Å². The fourth-order valence-corrected chi connectivity index (χ4v) is 4.82. The Balaban J connectivity index is 1.56. The summed E-state index contributed by atoms with van der Waals surface area (Å²) < 4.78 is 7.62. The molecule has 1 aliphatic heterocycles. The molecule has 2 aromatic carbocycles. The minimum atomic E-state index is -0.298. The van der Waals surface area contributed by atoms with Crippen molar-refractivity contribution in [3.63, 3.8) is 0 Å². The number of rotatable bonds is 11. The number of hydrogen-bond acceptors (Lipinski definition) is 6. The molecule has 0 aliphatic carbocycles. The van der Waals surface area contributed by atoms with Crippen LogP contribution in [0.4, 0.5) is 5.69 Å². The van der Waals surface area contributed by atoms with Gasteiger partial charge in [0.25, 0.3) is 0 Å². The lowest BCUT2D eigenvalue weighted by Gasteiger charge is -2.28. The van der Waals surface area contributed by atoms with Gasteiger partial charge in [0.15, 0.2) is 0 Å². The van der Waals surface area contributed by atoms with Gasteiger partial charge in [-0.3, -0.25) is 9.59 Å². The Kier molecular flexibility index (Phi) is 8.91. The highest BCUT2D eigenvalue weighted by Gasteiger charge is 2.29. The number of nitrogens with zero attached hydrogens (tertiary/aromatic N) is 4. The molecule has 0 fully saturated rings. The van der Waals surface area contributed by atoms with Crippen molar-refractivity contribution in [2.75, 3.05) is 31.6 Å². The third-order valence-electron chi connectivity index (χ3n) is 6.81. The van der Waals surface area contributed by atoms with Crippen LogP contribution in [0, 0.1) is 0 Å². The predicted octanol–water partition coefficient (Wildman–Crippen LogP) is 3.78. The number of hydrogen-bond donors (Lipinski definition) is 2. The van der Waals surface area contributed by atoms with E-state index in [1.54, 1.807) is 4.90 Å². The van der Waals surface area contributed by atoms with Crippen LogP contribution in [0.2, 0.25) is 0 Å². The number of ether oxygens (including phenoxy) is 1. The third-order valence-corrected chi connectivity index (χ3v) is 6.81. The molecule has 0 saturated carbocycles. The van der Waals surface area contributed by atoms with Gasteiger partial charge in [-0.05, 0) is 45.9 Å². The SMILES string of the molecule is CCOC(C)(C)CCNC(=O)CCC(=O)N1Cc2ccccc2-c2c(nnn2CCNC)-c2ccccc21. The van der Waals surface area contributed by atoms with Crippen LogP contribution in [0.15, 0.2) is 48.5 Å². The zero-order chi connectivity index (χ0) is 27.1. The number of benzene rings is 2. The Morgan fingerprint density at radius 1 is 1.03 bits per heavy atom. The highest BCUT2D eigenvalue weighted by molar-refractivity contribution is 6.01. The lowest BCUT2D eigenvalue weighted by molar-refractivity contribution is -0.125. The van der Waals surface area contributed by atoms with Gasteiger partial charge in [-0.2, -0.15) is 0 Å². The number of para-hydroxylation sites is 1. The number of amides is 2. The molecular formula is C29H38N6O3. The number of likely N-dealkylation sites (N-methyl/N-ethyl adjacent to an activating group) is 1. The molecule has 0 atom stereocenters. The van der Waals surface area contributed by atoms with Crippen LogP contribution in [-0.4, -0.2) is 59.2 Å². The molecule has 0 radical (unpaired) electrons. The quantitative estimate of drug-likeness (QED) is 0.401. The molecule has 3 aromatic rings. The van der Waals surface area contributed by atoms with Crippen LogP contribution in [0.3, 0.4) is 0 Å². The molecule has 0 unspecified atom stereocenters. The van der Waals surface area contributed by atoms with Gasteiger partial charge in [0, 0.05) is 43.7 Å². The molecule has 38 heavy (non-hydrogen) atoms. The van der Waals surface area contributed by atoms with Crippen LogP contribution in [0.5, 0.6) is 0 Å². The first-order valence-electron chi connectivity index (χ1n) is 13.3. The lowest BCUT2D eigenvalue weighted by atomic mass is 9.95. The maximum atomic E-state index is 13.6. The summed E-state index contributed by atoms with van der Waals surface area (Å²) >= 11 is 0. The summed E-state index contributed by atoms with van der Waals surface area (Å²) in [5.41, 5.74) is 5.03. The van der Waals surface area contributed by atoms with E-state index >= 15 is 0 Å². The molecule has 0 spiro atoms. The second-order valence-corrected chi connectivity index (χ2v) is 10.1. The van der Waals surface area contributed by atoms with Gasteiger partial charge in [0.2, 0.25) is 11.8 Å². The number of carbonyl (C=O) groups excluding carboxylic acids is 2. The molecule has 202 valence electrons. The minimum Gasteiger partial charge on any atom is -0.376 e. The van der Waals surface area contributed by atoms with Crippen molar-refractivity contribution in [3.05, 3.63) is 54.1 Å². The maximum Gasteiger partial charge on any atom is 0.227 e. The molecule has 1 aromatic heterocycles. The molecule has 9 nitrogen and oxygen atoms in total. The van der Waals surface area contributed by atoms with E-state index in [-0.39, 0.29) is 30.3 Å². The Hall–Kier alpha value is -3.56. The van der Waals surface area contributed by atoms with Crippen molar-refractivity contribution >= 4 is 17.5 Å². The molecule has 4 rings (SSSR count). The van der Waals surface area contributed by atoms with Gasteiger partial charge in [-0.1, -0.05) is 47.7 Å². The topological polar surface area (TPSA) is 101 Å². The first kappa shape index (κ1) is 27.5. The summed E-state index contributed by atoms with van der Waals surface area (Å²) in [5.74, 6) is -0.246. The van der Waals surface area contributed by atoms with E-state index in [4.69, 9.17) is 4.74 Å². The summed E-state index contributed by atoms with van der Waals surface area (Å²) in [6, 6.07) is 15.9. The van der Waals surface area contributed by atoms with Crippen molar-refractivity contribution in [1.29, 1.82) is 0 Å². The lowest BCUT2D eigenvalue weighted by Crippen LogP contribution is -2.35. The summed E-state index contributed by atoms with van der Waals surface area (Å²) in [7, 11) is 1.91. The number of fused-ring (bicyclic) bond motifs is 5. The number of anilines is 1. The second-order valence-electron chi connectivity index (χ2n) is 10.1. The third kappa shape index (κ3) is 6.28. The first-order valence-corrected chi connectivity index (χ1v) is 13.3. The van der Waals surface area contributed by atoms with Crippen molar-refractivity contribution in [1.82, 2.24) is 25.6 Å². The summed E-state index contributed by atoms with van der Waals surface area (Å²) in [4.78, 5) is 27.9. The second kappa shape index (κ2) is 12.3. The number of aromatic nitrogens is 3. The van der Waals surface area contributed by atoms with Crippen molar-refractivity contribution < 1.29 is 14.3 Å². The zero-order valence-corrected chi connectivity index (χ0v) is 22.8. The van der Waals surface area contributed by atoms with Gasteiger partial charge in [-0.15, -0.1) is 5.10 Å². The van der Waals surface area contributed by atoms with E-state index < -0.39 is 0 Å². The Morgan fingerprint density at radius 2 is 1.76 bits per heavy atom. The van der Waals surface area contributed by atoms with Crippen molar-refractivity contribution in [3.8, 4) is 22.5 Å². The van der Waals surface area contributed by atoms with Gasteiger partial charge < -0.3 is 20.3 Å².